The van der Waals surface area contributed by atoms with Gasteiger partial charge >= 0.3 is 11.7 Å². The number of aliphatic imine (C=N–C) groups is 2. The van der Waals surface area contributed by atoms with E-state index in [4.69, 9.17) is 32.1 Å². The van der Waals surface area contributed by atoms with Crippen molar-refractivity contribution in [3.05, 3.63) is 76.1 Å². The number of ether oxygens (including phenoxy) is 1. The van der Waals surface area contributed by atoms with Gasteiger partial charge in [-0.25, -0.2) is 9.59 Å². The Hall–Kier alpha value is -5.31. The van der Waals surface area contributed by atoms with Crippen molar-refractivity contribution in [1.82, 2.24) is 10.6 Å². The summed E-state index contributed by atoms with van der Waals surface area (Å²) in [6.07, 6.45) is 0.188. The number of fused-ring (bicyclic) bond motifs is 1. The number of hydrogen-bond acceptors (Lipinski definition) is 8. The van der Waals surface area contributed by atoms with Crippen molar-refractivity contribution in [3.8, 4) is 0 Å². The number of carbonyl (C=O) groups is 3. The van der Waals surface area contributed by atoms with E-state index < -0.39 is 35.6 Å². The van der Waals surface area contributed by atoms with Crippen LogP contribution in [0, 0.1) is 6.92 Å². The zero-order valence-electron chi connectivity index (χ0n) is 25.4. The Balaban J connectivity index is 0.00000736. The number of carbonyl (C=O) groups excluding carboxylic acids is 3. The molecule has 0 radical (unpaired) electrons. The van der Waals surface area contributed by atoms with Gasteiger partial charge in [0.15, 0.2) is 11.9 Å². The first-order valence-electron chi connectivity index (χ1n) is 14.3. The molecule has 3 amide bonds. The molecule has 1 heterocycles. The highest BCUT2D eigenvalue weighted by Crippen LogP contribution is 2.21. The fraction of sp³-hybridized carbons (Fsp3) is 0.333. The number of halogens is 1. The van der Waals surface area contributed by atoms with Crippen LogP contribution < -0.4 is 44.5 Å². The lowest BCUT2D eigenvalue weighted by Gasteiger charge is -2.23. The summed E-state index contributed by atoms with van der Waals surface area (Å²) in [4.78, 5) is 59.2. The number of nitrogens with zero attached hydrogens (tertiary/aromatic N) is 2. The second-order valence-electron chi connectivity index (χ2n) is 10.2. The molecule has 11 N–H and O–H groups in total. The number of nitrogens with two attached hydrogens (primary N) is 4. The van der Waals surface area contributed by atoms with E-state index in [0.29, 0.717) is 29.5 Å². The van der Waals surface area contributed by atoms with Gasteiger partial charge in [0.1, 0.15) is 24.3 Å². The molecular formula is C30H40ClN9O6. The molecule has 248 valence electrons. The van der Waals surface area contributed by atoms with Crippen LogP contribution in [0.1, 0.15) is 36.8 Å². The Labute approximate surface area is 271 Å². The summed E-state index contributed by atoms with van der Waals surface area (Å²) in [5.74, 6) is -1.38. The summed E-state index contributed by atoms with van der Waals surface area (Å²) in [5.41, 5.74) is 23.2. The van der Waals surface area contributed by atoms with Gasteiger partial charge in [-0.1, -0.05) is 30.3 Å². The summed E-state index contributed by atoms with van der Waals surface area (Å²) in [7, 11) is 0. The lowest BCUT2D eigenvalue weighted by molar-refractivity contribution is -0.128. The van der Waals surface area contributed by atoms with E-state index in [1.54, 1.807) is 31.2 Å². The predicted molar refractivity (Wildman–Crippen MR) is 178 cm³/mol. The standard InChI is InChI=1S/C30H39N9O6.ClH/c1-18-15-25(40)45-24-16-20(11-12-21(18)24)37-26(41)22(9-5-13-35-28(31)32)38-27(42)23(10-6-14-36-29(33)34)39-30(43)44-17-19-7-3-2-4-8-19;/h2-4,7-8,11-12,15-16,22-23H,5-6,9-10,13-14,17H2,1H3,(H,37,41)(H,38,42)(H,39,43)(H4,31,32,35)(H4,33,34,36);1H/t22-,23-;/m1./s1. The number of guanidine groups is 2. The maximum Gasteiger partial charge on any atom is 0.408 e. The molecule has 3 rings (SSSR count). The quantitative estimate of drug-likeness (QED) is 0.0534. The molecular weight excluding hydrogens is 618 g/mol. The maximum atomic E-state index is 13.5. The second-order valence-corrected chi connectivity index (χ2v) is 10.2. The van der Waals surface area contributed by atoms with Crippen LogP contribution in [-0.4, -0.2) is 55.0 Å². The maximum absolute atomic E-state index is 13.5. The molecule has 16 heteroatoms. The molecule has 0 fully saturated rings. The van der Waals surface area contributed by atoms with Crippen LogP contribution in [0.2, 0.25) is 0 Å². The van der Waals surface area contributed by atoms with Crippen molar-refractivity contribution >= 4 is 58.9 Å². The third-order valence-corrected chi connectivity index (χ3v) is 6.56. The van der Waals surface area contributed by atoms with Crippen LogP contribution in [0.4, 0.5) is 10.5 Å². The van der Waals surface area contributed by atoms with Crippen LogP contribution in [0.5, 0.6) is 0 Å². The third kappa shape index (κ3) is 12.4. The Kier molecular flexibility index (Phi) is 14.8. The van der Waals surface area contributed by atoms with E-state index in [9.17, 15) is 19.2 Å². The topological polar surface area (TPSA) is 256 Å². The number of rotatable bonds is 15. The fourth-order valence-electron chi connectivity index (χ4n) is 4.36. The molecule has 46 heavy (non-hydrogen) atoms. The number of anilines is 1. The first kappa shape index (κ1) is 36.9. The van der Waals surface area contributed by atoms with Gasteiger partial charge in [-0.2, -0.15) is 0 Å². The van der Waals surface area contributed by atoms with Crippen molar-refractivity contribution in [2.75, 3.05) is 18.4 Å². The Bertz CT molecular complexity index is 1590. The van der Waals surface area contributed by atoms with Crippen LogP contribution in [0.25, 0.3) is 11.0 Å². The highest BCUT2D eigenvalue weighted by Gasteiger charge is 2.27. The van der Waals surface area contributed by atoms with Crippen molar-refractivity contribution in [3.63, 3.8) is 0 Å². The number of benzene rings is 2. The summed E-state index contributed by atoms with van der Waals surface area (Å²) in [6.45, 7) is 2.20. The van der Waals surface area contributed by atoms with E-state index in [0.717, 1.165) is 11.1 Å². The number of amides is 3. The molecule has 0 spiro atoms. The van der Waals surface area contributed by atoms with Crippen molar-refractivity contribution < 1.29 is 23.5 Å². The summed E-state index contributed by atoms with van der Waals surface area (Å²) >= 11 is 0. The first-order chi connectivity index (χ1) is 21.5. The van der Waals surface area contributed by atoms with Crippen molar-refractivity contribution in [1.29, 1.82) is 0 Å². The van der Waals surface area contributed by atoms with E-state index in [2.05, 4.69) is 25.9 Å². The van der Waals surface area contributed by atoms with Gasteiger partial charge in [0.25, 0.3) is 0 Å². The molecule has 3 aromatic rings. The first-order valence-corrected chi connectivity index (χ1v) is 14.3. The number of alkyl carbamates (subject to hydrolysis) is 1. The van der Waals surface area contributed by atoms with Gasteiger partial charge in [0, 0.05) is 36.3 Å². The largest absolute Gasteiger partial charge is 0.445 e. The third-order valence-electron chi connectivity index (χ3n) is 6.56. The summed E-state index contributed by atoms with van der Waals surface area (Å²) in [6, 6.07) is 13.2. The Morgan fingerprint density at radius 3 is 2.07 bits per heavy atom. The molecule has 0 bridgehead atoms. The van der Waals surface area contributed by atoms with Gasteiger partial charge in [-0.3, -0.25) is 19.6 Å². The van der Waals surface area contributed by atoms with E-state index in [-0.39, 0.29) is 56.9 Å². The molecule has 1 aromatic heterocycles. The average molecular weight is 658 g/mol. The van der Waals surface area contributed by atoms with Crippen molar-refractivity contribution in [2.24, 2.45) is 32.9 Å². The minimum atomic E-state index is -1.08. The van der Waals surface area contributed by atoms with E-state index in [1.165, 1.54) is 12.1 Å². The highest BCUT2D eigenvalue weighted by atomic mass is 35.5. The van der Waals surface area contributed by atoms with Gasteiger partial charge in [-0.15, -0.1) is 12.4 Å². The molecule has 0 aliphatic heterocycles. The van der Waals surface area contributed by atoms with Gasteiger partial charge in [-0.05, 0) is 55.9 Å². The van der Waals surface area contributed by atoms with Gasteiger partial charge in [0.2, 0.25) is 11.8 Å². The van der Waals surface area contributed by atoms with E-state index >= 15 is 0 Å². The zero-order valence-corrected chi connectivity index (χ0v) is 26.2. The molecule has 0 saturated heterocycles. The predicted octanol–water partition coefficient (Wildman–Crippen LogP) is 1.35. The molecule has 2 aromatic carbocycles. The lowest BCUT2D eigenvalue weighted by Crippen LogP contribution is -2.52. The zero-order chi connectivity index (χ0) is 32.8. The normalized spacial score (nSPS) is 11.7. The Morgan fingerprint density at radius 1 is 0.848 bits per heavy atom. The van der Waals surface area contributed by atoms with Crippen LogP contribution >= 0.6 is 12.4 Å². The number of nitrogens with one attached hydrogen (secondary N) is 3. The second kappa shape index (κ2) is 18.5. The average Bonchev–Trinajstić information content (AvgIpc) is 2.99. The van der Waals surface area contributed by atoms with Crippen molar-refractivity contribution in [2.45, 2.75) is 51.3 Å². The SMILES string of the molecule is Cc1cc(=O)oc2cc(NC(=O)[C@@H](CCCN=C(N)N)NC(=O)[C@@H](CCCN=C(N)N)NC(=O)OCc3ccccc3)ccc12.Cl. The molecule has 15 nitrogen and oxygen atoms in total. The summed E-state index contributed by atoms with van der Waals surface area (Å²) < 4.78 is 10.6. The minimum Gasteiger partial charge on any atom is -0.445 e. The highest BCUT2D eigenvalue weighted by molar-refractivity contribution is 5.99. The number of hydrogen-bond donors (Lipinski definition) is 7. The summed E-state index contributed by atoms with van der Waals surface area (Å²) in [5, 5.41) is 8.75. The molecule has 0 saturated carbocycles. The molecule has 0 aliphatic rings. The fourth-order valence-corrected chi connectivity index (χ4v) is 4.36. The Morgan fingerprint density at radius 2 is 1.46 bits per heavy atom. The monoisotopic (exact) mass is 657 g/mol. The van der Waals surface area contributed by atoms with Crippen LogP contribution in [0.15, 0.2) is 73.8 Å². The van der Waals surface area contributed by atoms with Crippen LogP contribution in [-0.2, 0) is 20.9 Å². The molecule has 2 atom stereocenters. The van der Waals surface area contributed by atoms with Gasteiger partial charge in [0.05, 0.1) is 0 Å². The lowest BCUT2D eigenvalue weighted by atomic mass is 10.1. The number of aryl methyl sites for hydroxylation is 1. The van der Waals surface area contributed by atoms with E-state index in [1.807, 2.05) is 18.2 Å². The smallest absolute Gasteiger partial charge is 0.408 e. The van der Waals surface area contributed by atoms with Crippen LogP contribution in [0.3, 0.4) is 0 Å². The molecule has 0 unspecified atom stereocenters. The molecule has 0 aliphatic carbocycles. The minimum absolute atomic E-state index is 0. The van der Waals surface area contributed by atoms with Gasteiger partial charge < -0.3 is 48.0 Å².